The van der Waals surface area contributed by atoms with Crippen molar-refractivity contribution in [2.24, 2.45) is 5.14 Å². The Morgan fingerprint density at radius 2 is 1.94 bits per heavy atom. The molecule has 1 aromatic carbocycles. The summed E-state index contributed by atoms with van der Waals surface area (Å²) in [5, 5.41) is 5.05. The summed E-state index contributed by atoms with van der Waals surface area (Å²) in [4.78, 5) is 12.0. The summed E-state index contributed by atoms with van der Waals surface area (Å²) in [5.74, 6) is -0.267. The second-order valence-electron chi connectivity index (χ2n) is 3.73. The van der Waals surface area contributed by atoms with Crippen molar-refractivity contribution >= 4 is 27.8 Å². The number of sulfonamides is 1. The summed E-state index contributed by atoms with van der Waals surface area (Å²) >= 11 is 1.47. The lowest BCUT2D eigenvalue weighted by Crippen LogP contribution is -2.12. The van der Waals surface area contributed by atoms with Gasteiger partial charge in [-0.25, -0.2) is 13.6 Å². The van der Waals surface area contributed by atoms with E-state index >= 15 is 0 Å². The first-order valence-corrected chi connectivity index (χ1v) is 7.62. The van der Waals surface area contributed by atoms with Gasteiger partial charge in [-0.3, -0.25) is 4.79 Å². The zero-order chi connectivity index (χ0) is 13.8. The first-order chi connectivity index (χ1) is 8.32. The molecule has 7 heteroatoms. The fourth-order valence-corrected chi connectivity index (χ4v) is 2.79. The van der Waals surface area contributed by atoms with Crippen LogP contribution in [-0.4, -0.2) is 26.7 Å². The number of primary sulfonamides is 1. The molecule has 1 rings (SSSR count). The largest absolute Gasteiger partial charge is 0.469 e. The fourth-order valence-electron chi connectivity index (χ4n) is 1.30. The first kappa shape index (κ1) is 15.0. The fraction of sp³-hybridized carbons (Fsp3) is 0.364. The van der Waals surface area contributed by atoms with Crippen LogP contribution < -0.4 is 5.14 Å². The van der Waals surface area contributed by atoms with E-state index in [1.165, 1.54) is 31.0 Å². The molecule has 0 aromatic heterocycles. The highest BCUT2D eigenvalue weighted by molar-refractivity contribution is 8.00. The van der Waals surface area contributed by atoms with Crippen molar-refractivity contribution in [2.75, 3.05) is 7.11 Å². The van der Waals surface area contributed by atoms with Crippen molar-refractivity contribution in [1.82, 2.24) is 0 Å². The molecule has 0 saturated carbocycles. The lowest BCUT2D eigenvalue weighted by atomic mass is 10.3. The van der Waals surface area contributed by atoms with Gasteiger partial charge in [-0.15, -0.1) is 11.8 Å². The maximum atomic E-state index is 11.1. The third-order valence-electron chi connectivity index (χ3n) is 2.17. The van der Waals surface area contributed by atoms with Crippen LogP contribution in [0.15, 0.2) is 34.1 Å². The molecule has 0 aliphatic rings. The minimum atomic E-state index is -3.65. The molecule has 1 unspecified atom stereocenters. The zero-order valence-corrected chi connectivity index (χ0v) is 11.8. The van der Waals surface area contributed by atoms with Crippen molar-refractivity contribution in [3.63, 3.8) is 0 Å². The molecular formula is C11H15NO4S2. The van der Waals surface area contributed by atoms with Crippen molar-refractivity contribution in [2.45, 2.75) is 28.4 Å². The SMILES string of the molecule is COC(=O)CC(C)Sc1ccc(S(N)(=O)=O)cc1. The second-order valence-corrected chi connectivity index (χ2v) is 6.80. The van der Waals surface area contributed by atoms with Gasteiger partial charge in [-0.2, -0.15) is 0 Å². The van der Waals surface area contributed by atoms with Gasteiger partial charge >= 0.3 is 5.97 Å². The maximum absolute atomic E-state index is 11.1. The van der Waals surface area contributed by atoms with Gasteiger partial charge in [0.1, 0.15) is 0 Å². The molecule has 0 bridgehead atoms. The molecular weight excluding hydrogens is 274 g/mol. The van der Waals surface area contributed by atoms with E-state index in [4.69, 9.17) is 5.14 Å². The molecule has 0 amide bonds. The van der Waals surface area contributed by atoms with Crippen LogP contribution in [0.1, 0.15) is 13.3 Å². The Bertz CT molecular complexity index is 510. The minimum absolute atomic E-state index is 0.0535. The molecule has 0 radical (unpaired) electrons. The lowest BCUT2D eigenvalue weighted by molar-refractivity contribution is -0.140. The van der Waals surface area contributed by atoms with E-state index in [1.807, 2.05) is 6.92 Å². The number of nitrogens with two attached hydrogens (primary N) is 1. The number of rotatable bonds is 5. The number of esters is 1. The topological polar surface area (TPSA) is 86.5 Å². The third kappa shape index (κ3) is 4.67. The summed E-state index contributed by atoms with van der Waals surface area (Å²) in [5.41, 5.74) is 0. The Hall–Kier alpha value is -1.05. The quantitative estimate of drug-likeness (QED) is 0.653. The van der Waals surface area contributed by atoms with Crippen LogP contribution in [0.3, 0.4) is 0 Å². The summed E-state index contributed by atoms with van der Waals surface area (Å²) in [6.07, 6.45) is 0.304. The number of ether oxygens (including phenoxy) is 1. The number of benzene rings is 1. The van der Waals surface area contributed by atoms with E-state index in [-0.39, 0.29) is 16.1 Å². The van der Waals surface area contributed by atoms with E-state index in [1.54, 1.807) is 12.1 Å². The predicted octanol–water partition coefficient (Wildman–Crippen LogP) is 1.38. The van der Waals surface area contributed by atoms with E-state index in [2.05, 4.69) is 4.74 Å². The number of thioether (sulfide) groups is 1. The average Bonchev–Trinajstić information content (AvgIpc) is 2.28. The van der Waals surface area contributed by atoms with Gasteiger partial charge in [-0.1, -0.05) is 6.92 Å². The molecule has 0 heterocycles. The molecule has 1 aromatic rings. The highest BCUT2D eigenvalue weighted by Gasteiger charge is 2.12. The number of carbonyl (C=O) groups excluding carboxylic acids is 1. The van der Waals surface area contributed by atoms with Gasteiger partial charge in [0, 0.05) is 10.1 Å². The summed E-state index contributed by atoms with van der Waals surface area (Å²) in [7, 11) is -2.31. The molecule has 5 nitrogen and oxygen atoms in total. The highest BCUT2D eigenvalue weighted by Crippen LogP contribution is 2.26. The second kappa shape index (κ2) is 6.21. The van der Waals surface area contributed by atoms with Crippen LogP contribution in [0.25, 0.3) is 0 Å². The molecule has 0 saturated heterocycles. The minimum Gasteiger partial charge on any atom is -0.469 e. The predicted molar refractivity (Wildman–Crippen MR) is 69.8 cm³/mol. The van der Waals surface area contributed by atoms with Gasteiger partial charge in [0.2, 0.25) is 10.0 Å². The number of carbonyl (C=O) groups is 1. The molecule has 0 aliphatic carbocycles. The Labute approximate surface area is 111 Å². The molecule has 0 spiro atoms. The van der Waals surface area contributed by atoms with Gasteiger partial charge in [-0.05, 0) is 24.3 Å². The van der Waals surface area contributed by atoms with Crippen molar-refractivity contribution < 1.29 is 17.9 Å². The smallest absolute Gasteiger partial charge is 0.306 e. The number of hydrogen-bond acceptors (Lipinski definition) is 5. The molecule has 0 aliphatic heterocycles. The third-order valence-corrected chi connectivity index (χ3v) is 4.21. The normalized spacial score (nSPS) is 13.1. The summed E-state index contributed by atoms with van der Waals surface area (Å²) in [6, 6.07) is 6.22. The maximum Gasteiger partial charge on any atom is 0.306 e. The summed E-state index contributed by atoms with van der Waals surface area (Å²) in [6.45, 7) is 1.90. The van der Waals surface area contributed by atoms with Crippen LogP contribution in [0.5, 0.6) is 0 Å². The molecule has 0 fully saturated rings. The molecule has 1 atom stereocenters. The van der Waals surface area contributed by atoms with Crippen molar-refractivity contribution in [3.8, 4) is 0 Å². The molecule has 100 valence electrons. The number of hydrogen-bond donors (Lipinski definition) is 1. The van der Waals surface area contributed by atoms with E-state index < -0.39 is 10.0 Å². The average molecular weight is 289 g/mol. The Kier molecular flexibility index (Phi) is 5.18. The van der Waals surface area contributed by atoms with Crippen LogP contribution in [0.4, 0.5) is 0 Å². The summed E-state index contributed by atoms with van der Waals surface area (Å²) < 4.78 is 26.7. The monoisotopic (exact) mass is 289 g/mol. The van der Waals surface area contributed by atoms with E-state index in [0.717, 1.165) is 4.90 Å². The van der Waals surface area contributed by atoms with E-state index in [0.29, 0.717) is 6.42 Å². The Morgan fingerprint density at radius 3 is 2.39 bits per heavy atom. The van der Waals surface area contributed by atoms with Crippen molar-refractivity contribution in [1.29, 1.82) is 0 Å². The van der Waals surface area contributed by atoms with Gasteiger partial charge in [0.15, 0.2) is 0 Å². The van der Waals surface area contributed by atoms with Gasteiger partial charge in [0.05, 0.1) is 18.4 Å². The van der Waals surface area contributed by atoms with Crippen LogP contribution in [-0.2, 0) is 19.6 Å². The lowest BCUT2D eigenvalue weighted by Gasteiger charge is -2.09. The highest BCUT2D eigenvalue weighted by atomic mass is 32.2. The Balaban J connectivity index is 2.67. The Morgan fingerprint density at radius 1 is 1.39 bits per heavy atom. The van der Waals surface area contributed by atoms with Gasteiger partial charge in [0.25, 0.3) is 0 Å². The van der Waals surface area contributed by atoms with Gasteiger partial charge < -0.3 is 4.74 Å². The molecule has 18 heavy (non-hydrogen) atoms. The number of methoxy groups -OCH3 is 1. The standard InChI is InChI=1S/C11H15NO4S2/c1-8(7-11(13)16-2)17-9-3-5-10(6-4-9)18(12,14)15/h3-6,8H,7H2,1-2H3,(H2,12,14,15). The van der Waals surface area contributed by atoms with Crippen LogP contribution in [0, 0.1) is 0 Å². The van der Waals surface area contributed by atoms with Crippen molar-refractivity contribution in [3.05, 3.63) is 24.3 Å². The van der Waals surface area contributed by atoms with Crippen LogP contribution >= 0.6 is 11.8 Å². The first-order valence-electron chi connectivity index (χ1n) is 5.19. The van der Waals surface area contributed by atoms with Crippen LogP contribution in [0.2, 0.25) is 0 Å². The molecule has 2 N–H and O–H groups in total. The van der Waals surface area contributed by atoms with E-state index in [9.17, 15) is 13.2 Å². The zero-order valence-electron chi connectivity index (χ0n) is 10.1.